The SMILES string of the molecule is CNCc1cc(S(=O)(=O)NN2CCCCC2)ccc1F. The summed E-state index contributed by atoms with van der Waals surface area (Å²) in [7, 11) is -1.95. The molecule has 0 aliphatic carbocycles. The van der Waals surface area contributed by atoms with Crippen molar-refractivity contribution in [3.8, 4) is 0 Å². The number of piperidine rings is 1. The molecule has 1 aliphatic rings. The van der Waals surface area contributed by atoms with Gasteiger partial charge < -0.3 is 5.32 Å². The molecule has 0 atom stereocenters. The van der Waals surface area contributed by atoms with Gasteiger partial charge in [-0.05, 0) is 38.1 Å². The second kappa shape index (κ2) is 6.62. The van der Waals surface area contributed by atoms with E-state index in [0.717, 1.165) is 19.3 Å². The van der Waals surface area contributed by atoms with Gasteiger partial charge in [-0.1, -0.05) is 6.42 Å². The molecular weight excluding hydrogens is 281 g/mol. The van der Waals surface area contributed by atoms with Crippen LogP contribution in [-0.4, -0.2) is 33.6 Å². The molecule has 2 rings (SSSR count). The Kier molecular flexibility index (Phi) is 5.09. The number of nitrogens with zero attached hydrogens (tertiary/aromatic N) is 1. The summed E-state index contributed by atoms with van der Waals surface area (Å²) in [5.74, 6) is -0.406. The second-order valence-corrected chi connectivity index (χ2v) is 6.59. The van der Waals surface area contributed by atoms with Crippen molar-refractivity contribution in [2.45, 2.75) is 30.7 Å². The van der Waals surface area contributed by atoms with E-state index in [2.05, 4.69) is 10.1 Å². The molecule has 0 bridgehead atoms. The molecule has 1 saturated heterocycles. The van der Waals surface area contributed by atoms with Crippen LogP contribution in [0.1, 0.15) is 24.8 Å². The molecule has 0 amide bonds. The fourth-order valence-electron chi connectivity index (χ4n) is 2.25. The van der Waals surface area contributed by atoms with Crippen molar-refractivity contribution in [2.24, 2.45) is 0 Å². The Labute approximate surface area is 119 Å². The van der Waals surface area contributed by atoms with Gasteiger partial charge in [0.25, 0.3) is 10.0 Å². The average Bonchev–Trinajstić information content (AvgIpc) is 2.42. The number of sulfonamides is 1. The molecule has 112 valence electrons. The van der Waals surface area contributed by atoms with Gasteiger partial charge in [0.15, 0.2) is 0 Å². The van der Waals surface area contributed by atoms with Crippen LogP contribution in [0.25, 0.3) is 0 Å². The zero-order valence-corrected chi connectivity index (χ0v) is 12.3. The van der Waals surface area contributed by atoms with Crippen LogP contribution < -0.4 is 10.1 Å². The number of hydrogen-bond donors (Lipinski definition) is 2. The van der Waals surface area contributed by atoms with Crippen LogP contribution in [0.3, 0.4) is 0 Å². The molecule has 0 radical (unpaired) electrons. The van der Waals surface area contributed by atoms with Gasteiger partial charge in [-0.15, -0.1) is 4.83 Å². The van der Waals surface area contributed by atoms with Crippen molar-refractivity contribution in [1.82, 2.24) is 15.2 Å². The molecule has 7 heteroatoms. The smallest absolute Gasteiger partial charge is 0.253 e. The Morgan fingerprint density at radius 3 is 2.60 bits per heavy atom. The van der Waals surface area contributed by atoms with Gasteiger partial charge in [0.05, 0.1) is 4.90 Å². The van der Waals surface area contributed by atoms with Crippen LogP contribution in [0.5, 0.6) is 0 Å². The Morgan fingerprint density at radius 2 is 1.95 bits per heavy atom. The Bertz CT molecular complexity index is 557. The summed E-state index contributed by atoms with van der Waals surface area (Å²) < 4.78 is 38.1. The lowest BCUT2D eigenvalue weighted by molar-refractivity contribution is 0.200. The van der Waals surface area contributed by atoms with E-state index >= 15 is 0 Å². The lowest BCUT2D eigenvalue weighted by atomic mass is 10.2. The maximum atomic E-state index is 13.5. The van der Waals surface area contributed by atoms with E-state index in [-0.39, 0.29) is 4.90 Å². The summed E-state index contributed by atoms with van der Waals surface area (Å²) in [5, 5.41) is 4.53. The number of benzene rings is 1. The van der Waals surface area contributed by atoms with Crippen LogP contribution in [-0.2, 0) is 16.6 Å². The number of rotatable bonds is 5. The van der Waals surface area contributed by atoms with Crippen LogP contribution in [0.15, 0.2) is 23.1 Å². The minimum atomic E-state index is -3.64. The van der Waals surface area contributed by atoms with Crippen molar-refractivity contribution < 1.29 is 12.8 Å². The molecule has 5 nitrogen and oxygen atoms in total. The summed E-state index contributed by atoms with van der Waals surface area (Å²) in [5.41, 5.74) is 0.342. The number of hydrogen-bond acceptors (Lipinski definition) is 4. The normalized spacial score (nSPS) is 17.3. The van der Waals surface area contributed by atoms with Crippen molar-refractivity contribution in [2.75, 3.05) is 20.1 Å². The number of hydrazine groups is 1. The third-order valence-electron chi connectivity index (χ3n) is 3.30. The van der Waals surface area contributed by atoms with Crippen LogP contribution in [0.2, 0.25) is 0 Å². The van der Waals surface area contributed by atoms with E-state index in [1.54, 1.807) is 12.1 Å². The Morgan fingerprint density at radius 1 is 1.25 bits per heavy atom. The minimum Gasteiger partial charge on any atom is -0.316 e. The summed E-state index contributed by atoms with van der Waals surface area (Å²) in [6.07, 6.45) is 3.09. The molecule has 1 aromatic rings. The average molecular weight is 301 g/mol. The van der Waals surface area contributed by atoms with Crippen molar-refractivity contribution >= 4 is 10.0 Å². The summed E-state index contributed by atoms with van der Waals surface area (Å²) in [4.78, 5) is 2.66. The van der Waals surface area contributed by atoms with Crippen LogP contribution in [0.4, 0.5) is 4.39 Å². The topological polar surface area (TPSA) is 61.4 Å². The standard InChI is InChI=1S/C13H20FN3O2S/c1-15-10-11-9-12(5-6-13(11)14)20(18,19)16-17-7-3-2-4-8-17/h5-6,9,15-16H,2-4,7-8,10H2,1H3. The zero-order valence-electron chi connectivity index (χ0n) is 11.5. The van der Waals surface area contributed by atoms with Crippen molar-refractivity contribution in [1.29, 1.82) is 0 Å². The van der Waals surface area contributed by atoms with Gasteiger partial charge in [-0.2, -0.15) is 0 Å². The highest BCUT2D eigenvalue weighted by atomic mass is 32.2. The van der Waals surface area contributed by atoms with E-state index in [1.807, 2.05) is 0 Å². The Hall–Kier alpha value is -1.02. The fraction of sp³-hybridized carbons (Fsp3) is 0.538. The van der Waals surface area contributed by atoms with Gasteiger partial charge >= 0.3 is 0 Å². The molecule has 20 heavy (non-hydrogen) atoms. The predicted octanol–water partition coefficient (Wildman–Crippen LogP) is 1.22. The second-order valence-electron chi connectivity index (χ2n) is 4.93. The first kappa shape index (κ1) is 15.4. The highest BCUT2D eigenvalue weighted by Gasteiger charge is 2.20. The molecule has 0 saturated carbocycles. The molecule has 0 aromatic heterocycles. The van der Waals surface area contributed by atoms with E-state index in [0.29, 0.717) is 25.2 Å². The molecular formula is C13H20FN3O2S. The Balaban J connectivity index is 2.17. The third kappa shape index (κ3) is 3.76. The van der Waals surface area contributed by atoms with Gasteiger partial charge in [-0.25, -0.2) is 17.8 Å². The third-order valence-corrected chi connectivity index (χ3v) is 4.67. The van der Waals surface area contributed by atoms with E-state index < -0.39 is 15.8 Å². The van der Waals surface area contributed by atoms with Crippen LogP contribution in [0, 0.1) is 5.82 Å². The van der Waals surface area contributed by atoms with Gasteiger partial charge in [-0.3, -0.25) is 0 Å². The van der Waals surface area contributed by atoms with Gasteiger partial charge in [0.2, 0.25) is 0 Å². The highest BCUT2D eigenvalue weighted by Crippen LogP contribution is 2.16. The van der Waals surface area contributed by atoms with Gasteiger partial charge in [0, 0.05) is 25.2 Å². The quantitative estimate of drug-likeness (QED) is 0.858. The maximum Gasteiger partial charge on any atom is 0.253 e. The number of halogens is 1. The first-order valence-electron chi connectivity index (χ1n) is 6.73. The largest absolute Gasteiger partial charge is 0.316 e. The van der Waals surface area contributed by atoms with Crippen molar-refractivity contribution in [3.05, 3.63) is 29.6 Å². The number of nitrogens with one attached hydrogen (secondary N) is 2. The molecule has 1 heterocycles. The van der Waals surface area contributed by atoms with E-state index in [4.69, 9.17) is 0 Å². The molecule has 2 N–H and O–H groups in total. The summed E-state index contributed by atoms with van der Waals surface area (Å²) in [6, 6.07) is 3.86. The van der Waals surface area contributed by atoms with Crippen molar-refractivity contribution in [3.63, 3.8) is 0 Å². The molecule has 1 fully saturated rings. The van der Waals surface area contributed by atoms with Gasteiger partial charge in [0.1, 0.15) is 5.82 Å². The first-order valence-corrected chi connectivity index (χ1v) is 8.21. The minimum absolute atomic E-state index is 0.0923. The summed E-state index contributed by atoms with van der Waals surface area (Å²) in [6.45, 7) is 1.71. The monoisotopic (exact) mass is 301 g/mol. The molecule has 1 aromatic carbocycles. The van der Waals surface area contributed by atoms with E-state index in [1.165, 1.54) is 18.2 Å². The maximum absolute atomic E-state index is 13.5. The lowest BCUT2D eigenvalue weighted by Gasteiger charge is -2.26. The first-order chi connectivity index (χ1) is 9.53. The predicted molar refractivity (Wildman–Crippen MR) is 74.9 cm³/mol. The molecule has 0 spiro atoms. The van der Waals surface area contributed by atoms with Crippen LogP contribution >= 0.6 is 0 Å². The zero-order chi connectivity index (χ0) is 14.6. The fourth-order valence-corrected chi connectivity index (χ4v) is 3.42. The lowest BCUT2D eigenvalue weighted by Crippen LogP contribution is -2.44. The molecule has 0 unspecified atom stereocenters. The van der Waals surface area contributed by atoms with E-state index in [9.17, 15) is 12.8 Å². The molecule has 1 aliphatic heterocycles. The summed E-state index contributed by atoms with van der Waals surface area (Å²) >= 11 is 0. The highest BCUT2D eigenvalue weighted by molar-refractivity contribution is 7.89.